The molecule has 0 aliphatic heterocycles. The Morgan fingerprint density at radius 1 is 0.923 bits per heavy atom. The van der Waals surface area contributed by atoms with Crippen LogP contribution in [0.3, 0.4) is 0 Å². The van der Waals surface area contributed by atoms with Crippen molar-refractivity contribution in [1.29, 1.82) is 0 Å². The van der Waals surface area contributed by atoms with E-state index in [4.69, 9.17) is 5.14 Å². The van der Waals surface area contributed by atoms with Crippen molar-refractivity contribution in [2.45, 2.75) is 11.4 Å². The number of primary sulfonamides is 1. The van der Waals surface area contributed by atoms with Crippen molar-refractivity contribution in [3.8, 4) is 0 Å². The van der Waals surface area contributed by atoms with Gasteiger partial charge in [0, 0.05) is 12.2 Å². The molecule has 0 aromatic heterocycles. The number of amides is 2. The number of anilines is 1. The first-order valence-corrected chi connectivity index (χ1v) is 10.4. The molecule has 0 spiro atoms. The summed E-state index contributed by atoms with van der Waals surface area (Å²) >= 11 is 1.21. The molecule has 0 saturated carbocycles. The lowest BCUT2D eigenvalue weighted by atomic mass is 10.2. The lowest BCUT2D eigenvalue weighted by Gasteiger charge is -2.07. The minimum Gasteiger partial charge on any atom is -0.351 e. The van der Waals surface area contributed by atoms with Crippen molar-refractivity contribution in [2.75, 3.05) is 16.8 Å². The molecule has 0 saturated heterocycles. The Morgan fingerprint density at radius 2 is 1.54 bits per heavy atom. The largest absolute Gasteiger partial charge is 0.351 e. The minimum atomic E-state index is -3.72. The lowest BCUT2D eigenvalue weighted by molar-refractivity contribution is -0.118. The quantitative estimate of drug-likeness (QED) is 0.625. The molecule has 0 bridgehead atoms. The summed E-state index contributed by atoms with van der Waals surface area (Å²) in [5, 5.41) is 10.5. The molecule has 7 nitrogen and oxygen atoms in total. The molecule has 2 amide bonds. The molecule has 0 fully saturated rings. The van der Waals surface area contributed by atoms with Crippen LogP contribution in [0.2, 0.25) is 0 Å². The number of para-hydroxylation sites is 1. The third-order valence-electron chi connectivity index (χ3n) is 3.27. The van der Waals surface area contributed by atoms with Crippen LogP contribution in [0.5, 0.6) is 0 Å². The number of thioether (sulfide) groups is 1. The summed E-state index contributed by atoms with van der Waals surface area (Å²) in [5.41, 5.74) is 1.46. The van der Waals surface area contributed by atoms with Gasteiger partial charge in [0.2, 0.25) is 21.8 Å². The topological polar surface area (TPSA) is 118 Å². The van der Waals surface area contributed by atoms with Gasteiger partial charge in [-0.3, -0.25) is 9.59 Å². The maximum absolute atomic E-state index is 11.8. The normalized spacial score (nSPS) is 11.0. The fourth-order valence-electron chi connectivity index (χ4n) is 2.00. The van der Waals surface area contributed by atoms with E-state index in [-0.39, 0.29) is 34.8 Å². The Kier molecular flexibility index (Phi) is 7.19. The fourth-order valence-corrected chi connectivity index (χ4v) is 3.17. The van der Waals surface area contributed by atoms with E-state index in [1.165, 1.54) is 23.9 Å². The van der Waals surface area contributed by atoms with Crippen LogP contribution in [0.4, 0.5) is 5.69 Å². The van der Waals surface area contributed by atoms with E-state index >= 15 is 0 Å². The highest BCUT2D eigenvalue weighted by molar-refractivity contribution is 8.00. The third-order valence-corrected chi connectivity index (χ3v) is 5.13. The van der Waals surface area contributed by atoms with Crippen molar-refractivity contribution in [3.63, 3.8) is 0 Å². The Bertz CT molecular complexity index is 853. The fraction of sp³-hybridized carbons (Fsp3) is 0.176. The molecule has 138 valence electrons. The number of benzene rings is 2. The van der Waals surface area contributed by atoms with E-state index < -0.39 is 10.0 Å². The lowest BCUT2D eigenvalue weighted by Crippen LogP contribution is -2.25. The molecular weight excluding hydrogens is 374 g/mol. The van der Waals surface area contributed by atoms with Crippen LogP contribution in [0.1, 0.15) is 5.56 Å². The summed E-state index contributed by atoms with van der Waals surface area (Å²) in [4.78, 5) is 23.6. The van der Waals surface area contributed by atoms with Gasteiger partial charge in [-0.05, 0) is 29.8 Å². The zero-order valence-corrected chi connectivity index (χ0v) is 15.5. The second-order valence-electron chi connectivity index (χ2n) is 5.37. The van der Waals surface area contributed by atoms with Gasteiger partial charge < -0.3 is 10.6 Å². The van der Waals surface area contributed by atoms with Crippen molar-refractivity contribution in [2.24, 2.45) is 5.14 Å². The van der Waals surface area contributed by atoms with Crippen LogP contribution in [0.25, 0.3) is 0 Å². The molecule has 0 unspecified atom stereocenters. The van der Waals surface area contributed by atoms with E-state index in [9.17, 15) is 18.0 Å². The molecular formula is C17H19N3O4S2. The summed E-state index contributed by atoms with van der Waals surface area (Å²) in [6.45, 7) is 0.264. The molecule has 9 heteroatoms. The average Bonchev–Trinajstić information content (AvgIpc) is 2.60. The van der Waals surface area contributed by atoms with Crippen molar-refractivity contribution in [3.05, 3.63) is 60.2 Å². The summed E-state index contributed by atoms with van der Waals surface area (Å²) < 4.78 is 22.3. The first kappa shape index (κ1) is 20.0. The van der Waals surface area contributed by atoms with Gasteiger partial charge in [0.1, 0.15) is 0 Å². The first-order chi connectivity index (χ1) is 12.3. The van der Waals surface area contributed by atoms with E-state index in [2.05, 4.69) is 10.6 Å². The van der Waals surface area contributed by atoms with Gasteiger partial charge in [-0.15, -0.1) is 11.8 Å². The zero-order chi connectivity index (χ0) is 19.0. The smallest absolute Gasteiger partial charge is 0.238 e. The standard InChI is InChI=1S/C17H19N3O4S2/c18-26(23,24)15-8-6-13(7-9-15)10-19-16(21)11-25-12-17(22)20-14-4-2-1-3-5-14/h1-9H,10-12H2,(H,19,21)(H,20,22)(H2,18,23,24). The molecule has 0 aliphatic carbocycles. The first-order valence-electron chi connectivity index (χ1n) is 7.66. The van der Waals surface area contributed by atoms with Crippen LogP contribution in [0.15, 0.2) is 59.5 Å². The van der Waals surface area contributed by atoms with Crippen molar-refractivity contribution < 1.29 is 18.0 Å². The van der Waals surface area contributed by atoms with Gasteiger partial charge in [0.05, 0.1) is 16.4 Å². The molecule has 2 aromatic carbocycles. The highest BCUT2D eigenvalue weighted by Crippen LogP contribution is 2.09. The average molecular weight is 393 g/mol. The van der Waals surface area contributed by atoms with E-state index in [1.54, 1.807) is 24.3 Å². The van der Waals surface area contributed by atoms with Gasteiger partial charge in [0.25, 0.3) is 0 Å². The van der Waals surface area contributed by atoms with Crippen LogP contribution in [0, 0.1) is 0 Å². The zero-order valence-electron chi connectivity index (χ0n) is 13.8. The number of carbonyl (C=O) groups excluding carboxylic acids is 2. The van der Waals surface area contributed by atoms with Crippen LogP contribution in [-0.2, 0) is 26.2 Å². The molecule has 0 atom stereocenters. The van der Waals surface area contributed by atoms with Crippen LogP contribution >= 0.6 is 11.8 Å². The summed E-state index contributed by atoms with van der Waals surface area (Å²) in [6.07, 6.45) is 0. The second-order valence-corrected chi connectivity index (χ2v) is 7.92. The Balaban J connectivity index is 1.68. The van der Waals surface area contributed by atoms with Gasteiger partial charge in [0.15, 0.2) is 0 Å². The molecule has 0 heterocycles. The maximum Gasteiger partial charge on any atom is 0.238 e. The van der Waals surface area contributed by atoms with Gasteiger partial charge in [-0.25, -0.2) is 13.6 Å². The van der Waals surface area contributed by atoms with E-state index in [1.807, 2.05) is 18.2 Å². The highest BCUT2D eigenvalue weighted by Gasteiger charge is 2.08. The van der Waals surface area contributed by atoms with Crippen molar-refractivity contribution >= 4 is 39.3 Å². The number of hydrogen-bond donors (Lipinski definition) is 3. The Labute approximate surface area is 156 Å². The molecule has 2 rings (SSSR count). The molecule has 26 heavy (non-hydrogen) atoms. The number of sulfonamides is 1. The Morgan fingerprint density at radius 3 is 2.15 bits per heavy atom. The van der Waals surface area contributed by atoms with Gasteiger partial charge in [-0.2, -0.15) is 0 Å². The van der Waals surface area contributed by atoms with Crippen LogP contribution in [-0.4, -0.2) is 31.7 Å². The number of carbonyl (C=O) groups is 2. The summed E-state index contributed by atoms with van der Waals surface area (Å²) in [6, 6.07) is 15.0. The van der Waals surface area contributed by atoms with Gasteiger partial charge >= 0.3 is 0 Å². The molecule has 0 aliphatic rings. The summed E-state index contributed by atoms with van der Waals surface area (Å²) in [7, 11) is -3.72. The highest BCUT2D eigenvalue weighted by atomic mass is 32.2. The monoisotopic (exact) mass is 393 g/mol. The predicted octanol–water partition coefficient (Wildman–Crippen LogP) is 1.32. The molecule has 4 N–H and O–H groups in total. The molecule has 0 radical (unpaired) electrons. The number of rotatable bonds is 8. The predicted molar refractivity (Wildman–Crippen MR) is 102 cm³/mol. The number of hydrogen-bond acceptors (Lipinski definition) is 5. The van der Waals surface area contributed by atoms with E-state index in [0.29, 0.717) is 5.69 Å². The third kappa shape index (κ3) is 6.87. The van der Waals surface area contributed by atoms with Crippen molar-refractivity contribution in [1.82, 2.24) is 5.32 Å². The summed E-state index contributed by atoms with van der Waals surface area (Å²) in [5.74, 6) is -0.0614. The number of nitrogens with two attached hydrogens (primary N) is 1. The minimum absolute atomic E-state index is 0.0209. The second kappa shape index (κ2) is 9.37. The van der Waals surface area contributed by atoms with Gasteiger partial charge in [-0.1, -0.05) is 30.3 Å². The van der Waals surface area contributed by atoms with E-state index in [0.717, 1.165) is 5.56 Å². The van der Waals surface area contributed by atoms with Crippen LogP contribution < -0.4 is 15.8 Å². The maximum atomic E-state index is 11.8. The molecule has 2 aromatic rings. The SMILES string of the molecule is NS(=O)(=O)c1ccc(CNC(=O)CSCC(=O)Nc2ccccc2)cc1. The number of nitrogens with one attached hydrogen (secondary N) is 2. The Hall–Kier alpha value is -2.36.